The molecule has 0 spiro atoms. The summed E-state index contributed by atoms with van der Waals surface area (Å²) in [5.41, 5.74) is 0.501. The lowest BCUT2D eigenvalue weighted by Crippen LogP contribution is -2.21. The number of hydrogen-bond donors (Lipinski definition) is 2. The van der Waals surface area contributed by atoms with Crippen LogP contribution in [0, 0.1) is 0 Å². The van der Waals surface area contributed by atoms with Crippen molar-refractivity contribution < 1.29 is 14.6 Å². The zero-order valence-electron chi connectivity index (χ0n) is 10.6. The molecule has 0 atom stereocenters. The summed E-state index contributed by atoms with van der Waals surface area (Å²) in [5.74, 6) is 0.319. The van der Waals surface area contributed by atoms with Crippen LogP contribution in [0.25, 0.3) is 0 Å². The monoisotopic (exact) mass is 249 g/mol. The normalized spacial score (nSPS) is 16.3. The molecule has 4 nitrogen and oxygen atoms in total. The number of nitrogens with one attached hydrogen (secondary N) is 1. The van der Waals surface area contributed by atoms with Crippen molar-refractivity contribution in [2.75, 3.05) is 7.05 Å². The molecule has 18 heavy (non-hydrogen) atoms. The molecule has 0 heterocycles. The fourth-order valence-electron chi connectivity index (χ4n) is 2.26. The molecule has 0 radical (unpaired) electrons. The van der Waals surface area contributed by atoms with E-state index in [9.17, 15) is 9.90 Å². The van der Waals surface area contributed by atoms with Gasteiger partial charge in [-0.25, -0.2) is 0 Å². The second-order valence-corrected chi connectivity index (χ2v) is 4.64. The van der Waals surface area contributed by atoms with Crippen LogP contribution in [0.4, 0.5) is 0 Å². The molecule has 1 amide bonds. The van der Waals surface area contributed by atoms with Crippen LogP contribution < -0.4 is 10.1 Å². The van der Waals surface area contributed by atoms with Crippen LogP contribution in [0.2, 0.25) is 0 Å². The van der Waals surface area contributed by atoms with Gasteiger partial charge in [0.15, 0.2) is 11.5 Å². The topological polar surface area (TPSA) is 58.6 Å². The number of rotatable bonds is 3. The molecule has 98 valence electrons. The van der Waals surface area contributed by atoms with E-state index in [1.807, 2.05) is 0 Å². The van der Waals surface area contributed by atoms with Gasteiger partial charge in [-0.05, 0) is 43.9 Å². The average molecular weight is 249 g/mol. The van der Waals surface area contributed by atoms with Crippen molar-refractivity contribution in [3.8, 4) is 11.5 Å². The van der Waals surface area contributed by atoms with E-state index in [-0.39, 0.29) is 17.8 Å². The van der Waals surface area contributed by atoms with E-state index in [0.717, 1.165) is 12.8 Å². The molecule has 2 rings (SSSR count). The standard InChI is InChI=1S/C14H19NO3/c1-15-14(17)10-7-8-12(16)13(9-10)18-11-5-3-2-4-6-11/h7-9,11,16H,2-6H2,1H3,(H,15,17). The van der Waals surface area contributed by atoms with Crippen molar-refractivity contribution in [3.63, 3.8) is 0 Å². The second-order valence-electron chi connectivity index (χ2n) is 4.64. The molecule has 1 aliphatic rings. The molecule has 1 aliphatic carbocycles. The van der Waals surface area contributed by atoms with Crippen molar-refractivity contribution >= 4 is 5.91 Å². The minimum Gasteiger partial charge on any atom is -0.504 e. The Hall–Kier alpha value is -1.71. The molecular weight excluding hydrogens is 230 g/mol. The summed E-state index contributed by atoms with van der Waals surface area (Å²) < 4.78 is 5.79. The van der Waals surface area contributed by atoms with Crippen molar-refractivity contribution in [1.29, 1.82) is 0 Å². The molecule has 0 saturated heterocycles. The number of carbonyl (C=O) groups is 1. The van der Waals surface area contributed by atoms with Crippen LogP contribution in [0.5, 0.6) is 11.5 Å². The second kappa shape index (κ2) is 5.76. The Bertz CT molecular complexity index is 425. The molecule has 1 aromatic carbocycles. The van der Waals surface area contributed by atoms with E-state index in [4.69, 9.17) is 4.74 Å². The highest BCUT2D eigenvalue weighted by molar-refractivity contribution is 5.94. The Morgan fingerprint density at radius 3 is 2.72 bits per heavy atom. The summed E-state index contributed by atoms with van der Waals surface area (Å²) in [7, 11) is 1.58. The molecule has 1 aromatic rings. The van der Waals surface area contributed by atoms with Crippen molar-refractivity contribution in [2.45, 2.75) is 38.2 Å². The molecule has 0 bridgehead atoms. The summed E-state index contributed by atoms with van der Waals surface area (Å²) in [6, 6.07) is 4.69. The van der Waals surface area contributed by atoms with Gasteiger partial charge in [-0.2, -0.15) is 0 Å². The van der Waals surface area contributed by atoms with E-state index in [2.05, 4.69) is 5.32 Å². The third-order valence-corrected chi connectivity index (χ3v) is 3.29. The largest absolute Gasteiger partial charge is 0.504 e. The molecule has 0 aliphatic heterocycles. The SMILES string of the molecule is CNC(=O)c1ccc(O)c(OC2CCCCC2)c1. The average Bonchev–Trinajstić information content (AvgIpc) is 2.41. The van der Waals surface area contributed by atoms with E-state index < -0.39 is 0 Å². The van der Waals surface area contributed by atoms with Crippen molar-refractivity contribution in [2.24, 2.45) is 0 Å². The fourth-order valence-corrected chi connectivity index (χ4v) is 2.26. The third kappa shape index (κ3) is 2.94. The van der Waals surface area contributed by atoms with E-state index >= 15 is 0 Å². The summed E-state index contributed by atoms with van der Waals surface area (Å²) in [5, 5.41) is 12.3. The van der Waals surface area contributed by atoms with Crippen LogP contribution in [0.1, 0.15) is 42.5 Å². The van der Waals surface area contributed by atoms with Gasteiger partial charge in [-0.15, -0.1) is 0 Å². The van der Waals surface area contributed by atoms with Crippen molar-refractivity contribution in [3.05, 3.63) is 23.8 Å². The molecule has 1 saturated carbocycles. The lowest BCUT2D eigenvalue weighted by Gasteiger charge is -2.23. The Morgan fingerprint density at radius 1 is 1.33 bits per heavy atom. The number of phenolic OH excluding ortho intramolecular Hbond substituents is 1. The first kappa shape index (κ1) is 12.7. The zero-order valence-corrected chi connectivity index (χ0v) is 10.6. The first-order chi connectivity index (χ1) is 8.70. The number of amides is 1. The maximum atomic E-state index is 11.5. The quantitative estimate of drug-likeness (QED) is 0.865. The number of ether oxygens (including phenoxy) is 1. The van der Waals surface area contributed by atoms with Gasteiger partial charge in [-0.3, -0.25) is 4.79 Å². The number of carbonyl (C=O) groups excluding carboxylic acids is 1. The minimum atomic E-state index is -0.177. The van der Waals surface area contributed by atoms with Crippen LogP contribution in [0.3, 0.4) is 0 Å². The van der Waals surface area contributed by atoms with Gasteiger partial charge < -0.3 is 15.2 Å². The molecule has 2 N–H and O–H groups in total. The smallest absolute Gasteiger partial charge is 0.251 e. The number of benzene rings is 1. The number of phenols is 1. The van der Waals surface area contributed by atoms with Crippen LogP contribution in [-0.4, -0.2) is 24.2 Å². The van der Waals surface area contributed by atoms with Crippen molar-refractivity contribution in [1.82, 2.24) is 5.32 Å². The minimum absolute atomic E-state index is 0.0910. The fraction of sp³-hybridized carbons (Fsp3) is 0.500. The maximum absolute atomic E-state index is 11.5. The Morgan fingerprint density at radius 2 is 2.06 bits per heavy atom. The Balaban J connectivity index is 2.12. The predicted molar refractivity (Wildman–Crippen MR) is 69.0 cm³/mol. The number of aromatic hydroxyl groups is 1. The molecule has 0 aromatic heterocycles. The lowest BCUT2D eigenvalue weighted by molar-refractivity contribution is 0.0961. The highest BCUT2D eigenvalue weighted by Crippen LogP contribution is 2.31. The predicted octanol–water partition coefficient (Wildman–Crippen LogP) is 2.46. The van der Waals surface area contributed by atoms with Gasteiger partial charge in [-0.1, -0.05) is 6.42 Å². The summed E-state index contributed by atoms with van der Waals surface area (Å²) >= 11 is 0. The van der Waals surface area contributed by atoms with Crippen LogP contribution in [-0.2, 0) is 0 Å². The van der Waals surface area contributed by atoms with Gasteiger partial charge in [0.1, 0.15) is 0 Å². The van der Waals surface area contributed by atoms with Crippen LogP contribution >= 0.6 is 0 Å². The van der Waals surface area contributed by atoms with Crippen LogP contribution in [0.15, 0.2) is 18.2 Å². The Kier molecular flexibility index (Phi) is 4.07. The maximum Gasteiger partial charge on any atom is 0.251 e. The van der Waals surface area contributed by atoms with Gasteiger partial charge in [0.2, 0.25) is 0 Å². The van der Waals surface area contributed by atoms with Gasteiger partial charge >= 0.3 is 0 Å². The lowest BCUT2D eigenvalue weighted by atomic mass is 9.98. The highest BCUT2D eigenvalue weighted by Gasteiger charge is 2.17. The Labute approximate surface area is 107 Å². The van der Waals surface area contributed by atoms with E-state index in [1.54, 1.807) is 19.2 Å². The first-order valence-electron chi connectivity index (χ1n) is 6.42. The highest BCUT2D eigenvalue weighted by atomic mass is 16.5. The van der Waals surface area contributed by atoms with Gasteiger partial charge in [0.05, 0.1) is 6.10 Å². The van der Waals surface area contributed by atoms with Gasteiger partial charge in [0, 0.05) is 12.6 Å². The van der Waals surface area contributed by atoms with Gasteiger partial charge in [0.25, 0.3) is 5.91 Å². The van der Waals surface area contributed by atoms with E-state index in [1.165, 1.54) is 25.3 Å². The zero-order chi connectivity index (χ0) is 13.0. The summed E-state index contributed by atoms with van der Waals surface area (Å²) in [6.07, 6.45) is 5.78. The third-order valence-electron chi connectivity index (χ3n) is 3.29. The van der Waals surface area contributed by atoms with E-state index in [0.29, 0.717) is 11.3 Å². The molecule has 1 fully saturated rings. The molecular formula is C14H19NO3. The first-order valence-corrected chi connectivity index (χ1v) is 6.42. The summed E-state index contributed by atoms with van der Waals surface area (Å²) in [6.45, 7) is 0. The molecule has 4 heteroatoms. The summed E-state index contributed by atoms with van der Waals surface area (Å²) in [4.78, 5) is 11.5. The number of hydrogen-bond acceptors (Lipinski definition) is 3. The molecule has 0 unspecified atom stereocenters.